The minimum Gasteiger partial charge on any atom is -0.466 e. The smallest absolute Gasteiger partial charge is 0.305 e. The predicted molar refractivity (Wildman–Crippen MR) is 112 cm³/mol. The molecule has 1 aliphatic heterocycles. The number of ether oxygens (including phenoxy) is 4. The summed E-state index contributed by atoms with van der Waals surface area (Å²) in [7, 11) is 0. The fourth-order valence-electron chi connectivity index (χ4n) is 3.36. The molecule has 0 spiro atoms. The highest BCUT2D eigenvalue weighted by Crippen LogP contribution is 2.26. The monoisotopic (exact) mass is 414 g/mol. The van der Waals surface area contributed by atoms with Crippen molar-refractivity contribution < 1.29 is 28.5 Å². The van der Waals surface area contributed by atoms with Gasteiger partial charge in [0.05, 0.1) is 25.2 Å². The first-order valence-electron chi connectivity index (χ1n) is 11.6. The van der Waals surface area contributed by atoms with E-state index in [1.807, 2.05) is 6.92 Å². The molecule has 0 atom stereocenters. The molecule has 6 nitrogen and oxygen atoms in total. The third kappa shape index (κ3) is 12.9. The molecule has 0 aliphatic carbocycles. The number of hydrogen-bond donors (Lipinski definition) is 0. The van der Waals surface area contributed by atoms with Gasteiger partial charge in [0.25, 0.3) is 0 Å². The lowest BCUT2D eigenvalue weighted by Gasteiger charge is -2.35. The zero-order valence-electron chi connectivity index (χ0n) is 18.7. The van der Waals surface area contributed by atoms with E-state index in [2.05, 4.69) is 6.92 Å². The maximum Gasteiger partial charge on any atom is 0.305 e. The Bertz CT molecular complexity index is 431. The van der Waals surface area contributed by atoms with Crippen molar-refractivity contribution in [1.82, 2.24) is 0 Å². The van der Waals surface area contributed by atoms with Gasteiger partial charge < -0.3 is 18.9 Å². The first-order valence-corrected chi connectivity index (χ1v) is 11.6. The number of carbonyl (C=O) groups is 2. The van der Waals surface area contributed by atoms with Crippen LogP contribution in [0.1, 0.15) is 97.3 Å². The van der Waals surface area contributed by atoms with Gasteiger partial charge in [0, 0.05) is 12.8 Å². The first-order chi connectivity index (χ1) is 14.1. The van der Waals surface area contributed by atoms with Gasteiger partial charge in [-0.1, -0.05) is 65.2 Å². The Morgan fingerprint density at radius 3 is 1.90 bits per heavy atom. The minimum absolute atomic E-state index is 0.225. The van der Waals surface area contributed by atoms with Crippen LogP contribution >= 0.6 is 0 Å². The molecule has 1 heterocycles. The lowest BCUT2D eigenvalue weighted by atomic mass is 9.87. The molecular weight excluding hydrogens is 372 g/mol. The molecular formula is C23H42O6. The van der Waals surface area contributed by atoms with Gasteiger partial charge in [-0.05, 0) is 19.3 Å². The van der Waals surface area contributed by atoms with Gasteiger partial charge in [0.1, 0.15) is 13.4 Å². The number of esters is 2. The fraction of sp³-hybridized carbons (Fsp3) is 0.913. The Morgan fingerprint density at radius 2 is 1.31 bits per heavy atom. The zero-order valence-corrected chi connectivity index (χ0v) is 18.7. The highest BCUT2D eigenvalue weighted by atomic mass is 16.7. The summed E-state index contributed by atoms with van der Waals surface area (Å²) in [6.07, 6.45) is 12.9. The van der Waals surface area contributed by atoms with Crippen molar-refractivity contribution in [2.24, 2.45) is 5.41 Å². The molecule has 0 bridgehead atoms. The van der Waals surface area contributed by atoms with Gasteiger partial charge in [0.2, 0.25) is 0 Å². The molecule has 0 saturated carbocycles. The Kier molecular flexibility index (Phi) is 14.9. The number of unbranched alkanes of at least 4 members (excludes halogenated alkanes) is 8. The van der Waals surface area contributed by atoms with Crippen molar-refractivity contribution in [2.45, 2.75) is 97.3 Å². The van der Waals surface area contributed by atoms with E-state index in [0.717, 1.165) is 19.3 Å². The van der Waals surface area contributed by atoms with E-state index in [0.29, 0.717) is 39.6 Å². The summed E-state index contributed by atoms with van der Waals surface area (Å²) in [6.45, 7) is 6.44. The summed E-state index contributed by atoms with van der Waals surface area (Å²) in [5.41, 5.74) is -0.248. The maximum atomic E-state index is 11.9. The van der Waals surface area contributed by atoms with Crippen LogP contribution < -0.4 is 0 Å². The molecule has 1 rings (SSSR count). The Labute approximate surface area is 177 Å². The molecule has 0 radical (unpaired) electrons. The zero-order chi connectivity index (χ0) is 21.2. The van der Waals surface area contributed by atoms with E-state index in [9.17, 15) is 9.59 Å². The molecule has 29 heavy (non-hydrogen) atoms. The first kappa shape index (κ1) is 25.9. The second-order valence-corrected chi connectivity index (χ2v) is 8.23. The van der Waals surface area contributed by atoms with Gasteiger partial charge >= 0.3 is 11.9 Å². The highest BCUT2D eigenvalue weighted by Gasteiger charge is 2.33. The van der Waals surface area contributed by atoms with Crippen molar-refractivity contribution in [3.05, 3.63) is 0 Å². The Morgan fingerprint density at radius 1 is 0.759 bits per heavy atom. The topological polar surface area (TPSA) is 71.1 Å². The normalized spacial score (nSPS) is 15.8. The third-order valence-corrected chi connectivity index (χ3v) is 5.55. The van der Waals surface area contributed by atoms with E-state index >= 15 is 0 Å². The number of rotatable bonds is 17. The fourth-order valence-corrected chi connectivity index (χ4v) is 3.36. The lowest BCUT2D eigenvalue weighted by molar-refractivity contribution is -0.187. The Balaban J connectivity index is 1.94. The summed E-state index contributed by atoms with van der Waals surface area (Å²) >= 11 is 0. The van der Waals surface area contributed by atoms with Crippen LogP contribution in [-0.2, 0) is 28.5 Å². The lowest BCUT2D eigenvalue weighted by Crippen LogP contribution is -2.41. The van der Waals surface area contributed by atoms with Crippen molar-refractivity contribution in [3.8, 4) is 0 Å². The van der Waals surface area contributed by atoms with E-state index in [4.69, 9.17) is 18.9 Å². The molecule has 170 valence electrons. The molecule has 1 saturated heterocycles. The van der Waals surface area contributed by atoms with Gasteiger partial charge in [-0.3, -0.25) is 9.59 Å². The third-order valence-electron chi connectivity index (χ3n) is 5.55. The molecule has 0 aromatic rings. The largest absolute Gasteiger partial charge is 0.466 e. The molecule has 0 N–H and O–H groups in total. The quantitative estimate of drug-likeness (QED) is 0.241. The van der Waals surface area contributed by atoms with Crippen LogP contribution in [0.15, 0.2) is 0 Å². The summed E-state index contributed by atoms with van der Waals surface area (Å²) in [5, 5.41) is 0. The SMILES string of the molecule is CCCCCCCCCCCOC(=O)CCCC(=O)OCC1(CC)COCOC1. The summed E-state index contributed by atoms with van der Waals surface area (Å²) in [6, 6.07) is 0. The molecule has 0 aromatic heterocycles. The van der Waals surface area contributed by atoms with Crippen LogP contribution in [0, 0.1) is 5.41 Å². The van der Waals surface area contributed by atoms with Crippen LogP contribution in [-0.4, -0.2) is 45.2 Å². The van der Waals surface area contributed by atoms with E-state index in [1.165, 1.54) is 44.9 Å². The van der Waals surface area contributed by atoms with Crippen LogP contribution in [0.25, 0.3) is 0 Å². The highest BCUT2D eigenvalue weighted by molar-refractivity contribution is 5.72. The summed E-state index contributed by atoms with van der Waals surface area (Å²) in [5.74, 6) is -0.508. The predicted octanol–water partition coefficient (Wildman–Crippen LogP) is 5.17. The summed E-state index contributed by atoms with van der Waals surface area (Å²) in [4.78, 5) is 23.7. The van der Waals surface area contributed by atoms with Gasteiger partial charge in [-0.15, -0.1) is 0 Å². The van der Waals surface area contributed by atoms with Gasteiger partial charge in [0.15, 0.2) is 0 Å². The second-order valence-electron chi connectivity index (χ2n) is 8.23. The van der Waals surface area contributed by atoms with Crippen LogP contribution in [0.3, 0.4) is 0 Å². The van der Waals surface area contributed by atoms with E-state index in [1.54, 1.807) is 0 Å². The van der Waals surface area contributed by atoms with Crippen LogP contribution in [0.5, 0.6) is 0 Å². The van der Waals surface area contributed by atoms with Gasteiger partial charge in [-0.25, -0.2) is 0 Å². The molecule has 0 unspecified atom stereocenters. The molecule has 1 aliphatic rings. The number of hydrogen-bond acceptors (Lipinski definition) is 6. The van der Waals surface area contributed by atoms with Crippen molar-refractivity contribution in [2.75, 3.05) is 33.2 Å². The minimum atomic E-state index is -0.282. The summed E-state index contributed by atoms with van der Waals surface area (Å²) < 4.78 is 21.3. The Hall–Kier alpha value is -1.14. The standard InChI is InChI=1S/C23H42O6/c1-3-5-6-7-8-9-10-11-12-16-28-21(24)14-13-15-22(25)29-19-23(4-2)17-26-20-27-18-23/h3-20H2,1-2H3. The van der Waals surface area contributed by atoms with Crippen molar-refractivity contribution >= 4 is 11.9 Å². The van der Waals surface area contributed by atoms with Crippen LogP contribution in [0.2, 0.25) is 0 Å². The van der Waals surface area contributed by atoms with E-state index < -0.39 is 0 Å². The van der Waals surface area contributed by atoms with Crippen molar-refractivity contribution in [1.29, 1.82) is 0 Å². The average molecular weight is 415 g/mol. The maximum absolute atomic E-state index is 11.9. The molecule has 1 fully saturated rings. The average Bonchev–Trinajstić information content (AvgIpc) is 2.74. The van der Waals surface area contributed by atoms with Gasteiger partial charge in [-0.2, -0.15) is 0 Å². The second kappa shape index (κ2) is 16.6. The molecule has 0 amide bonds. The van der Waals surface area contributed by atoms with E-state index in [-0.39, 0.29) is 30.2 Å². The number of carbonyl (C=O) groups excluding carboxylic acids is 2. The van der Waals surface area contributed by atoms with Crippen LogP contribution in [0.4, 0.5) is 0 Å². The molecule has 0 aromatic carbocycles. The molecule has 6 heteroatoms. The van der Waals surface area contributed by atoms with Crippen molar-refractivity contribution in [3.63, 3.8) is 0 Å².